The van der Waals surface area contributed by atoms with Crippen molar-refractivity contribution >= 4 is 43.4 Å². The molecule has 0 saturated carbocycles. The maximum atomic E-state index is 2.94. The molecule has 2 aromatic carbocycles. The van der Waals surface area contributed by atoms with Gasteiger partial charge in [0.05, 0.1) is 0 Å². The number of hydrogen-bond acceptors (Lipinski definition) is 2. The third-order valence-electron chi connectivity index (χ3n) is 4.25. The maximum Gasteiger partial charge on any atom is 0.141 e. The zero-order valence-electron chi connectivity index (χ0n) is 18.6. The average Bonchev–Trinajstić information content (AvgIpc) is 2.53. The number of hydrogen-bond donors (Lipinski definition) is 0. The fraction of sp³-hybridized carbons (Fsp3) is 0.429. The van der Waals surface area contributed by atoms with Gasteiger partial charge in [-0.15, -0.1) is 0 Å². The van der Waals surface area contributed by atoms with Crippen LogP contribution in [0.2, 0.25) is 58.9 Å². The zero-order chi connectivity index (χ0) is 20.5. The summed E-state index contributed by atoms with van der Waals surface area (Å²) in [5.41, 5.74) is 0. The van der Waals surface area contributed by atoms with E-state index in [-0.39, 0.29) is 0 Å². The van der Waals surface area contributed by atoms with Crippen molar-refractivity contribution in [1.82, 2.24) is 8.79 Å². The first-order valence-corrected chi connectivity index (χ1v) is 21.5. The van der Waals surface area contributed by atoms with E-state index in [1.807, 2.05) is 0 Å². The summed E-state index contributed by atoms with van der Waals surface area (Å²) >= 11 is 0. The molecule has 2 nitrogen and oxygen atoms in total. The van der Waals surface area contributed by atoms with E-state index < -0.39 is 32.8 Å². The Balaban J connectivity index is 2.76. The minimum Gasteiger partial charge on any atom is -0.286 e. The second-order valence-corrected chi connectivity index (χ2v) is 27.3. The lowest BCUT2D eigenvalue weighted by molar-refractivity contribution is 0.386. The van der Waals surface area contributed by atoms with E-state index in [1.165, 1.54) is 10.6 Å². The van der Waals surface area contributed by atoms with Crippen LogP contribution in [-0.2, 0) is 0 Å². The van der Waals surface area contributed by atoms with E-state index in [4.69, 9.17) is 0 Å². The lowest BCUT2D eigenvalue weighted by Crippen LogP contribution is -2.70. The highest BCUT2D eigenvalue weighted by molar-refractivity contribution is 7.72. The summed E-state index contributed by atoms with van der Waals surface area (Å²) in [6, 6.07) is 22.4. The lowest BCUT2D eigenvalue weighted by atomic mass is 10.4. The van der Waals surface area contributed by atoms with E-state index in [9.17, 15) is 0 Å². The second kappa shape index (κ2) is 8.44. The molecule has 6 heteroatoms. The number of benzene rings is 2. The minimum absolute atomic E-state index is 0.580. The van der Waals surface area contributed by atoms with Crippen LogP contribution in [0.4, 0.5) is 0 Å². The monoisotopic (exact) mass is 432 g/mol. The van der Waals surface area contributed by atoms with Crippen LogP contribution in [0, 0.1) is 0 Å². The summed E-state index contributed by atoms with van der Waals surface area (Å²) in [7, 11) is -5.32. The first kappa shape index (κ1) is 22.7. The Morgan fingerprint density at radius 1 is 0.519 bits per heavy atom. The molecule has 0 spiro atoms. The van der Waals surface area contributed by atoms with Crippen molar-refractivity contribution in [3.05, 3.63) is 60.7 Å². The molecule has 2 aromatic rings. The fourth-order valence-corrected chi connectivity index (χ4v) is 24.2. The van der Waals surface area contributed by atoms with Crippen molar-refractivity contribution in [2.75, 3.05) is 0 Å². The topological polar surface area (TPSA) is 6.48 Å². The Bertz CT molecular complexity index is 666. The minimum atomic E-state index is -1.64. The number of hydrazine groups is 1. The Hall–Kier alpha value is -0.559. The second-order valence-electron chi connectivity index (χ2n) is 10.1. The van der Waals surface area contributed by atoms with Crippen LogP contribution in [0.3, 0.4) is 0 Å². The summed E-state index contributed by atoms with van der Waals surface area (Å²) in [4.78, 5) is 0. The molecule has 0 amide bonds. The molecule has 0 bridgehead atoms. The van der Waals surface area contributed by atoms with Crippen LogP contribution < -0.4 is 10.6 Å². The summed E-state index contributed by atoms with van der Waals surface area (Å²) in [5.74, 6) is 0. The molecule has 27 heavy (non-hydrogen) atoms. The van der Waals surface area contributed by atoms with Crippen molar-refractivity contribution in [2.45, 2.75) is 58.9 Å². The summed E-state index contributed by atoms with van der Waals surface area (Å²) < 4.78 is 5.86. The van der Waals surface area contributed by atoms with Gasteiger partial charge in [0.1, 0.15) is 24.7 Å². The van der Waals surface area contributed by atoms with Crippen LogP contribution in [0.5, 0.6) is 0 Å². The van der Waals surface area contributed by atoms with Gasteiger partial charge in [0.15, 0.2) is 0 Å². The van der Waals surface area contributed by atoms with E-state index in [1.54, 1.807) is 0 Å². The van der Waals surface area contributed by atoms with Crippen molar-refractivity contribution in [1.29, 1.82) is 0 Å². The molecule has 148 valence electrons. The standard InChI is InChI=1S/C21H37N2PSi3/c1-25(2,3)22(23(26(4,5)6)27(7,8)9)24(20-16-12-10-13-17-20)21-18-14-11-15-19-21/h10-19H,1-9H3. The van der Waals surface area contributed by atoms with Gasteiger partial charge >= 0.3 is 0 Å². The average molecular weight is 433 g/mol. The fourth-order valence-electron chi connectivity index (χ4n) is 3.77. The normalized spacial score (nSPS) is 13.6. The smallest absolute Gasteiger partial charge is 0.141 e. The van der Waals surface area contributed by atoms with Crippen LogP contribution >= 0.6 is 8.07 Å². The molecular weight excluding hydrogens is 395 g/mol. The largest absolute Gasteiger partial charge is 0.286 e. The van der Waals surface area contributed by atoms with Gasteiger partial charge in [-0.3, -0.25) is 4.34 Å². The Kier molecular flexibility index (Phi) is 7.10. The first-order valence-electron chi connectivity index (χ1n) is 9.84. The van der Waals surface area contributed by atoms with Gasteiger partial charge in [-0.25, -0.2) is 4.44 Å². The van der Waals surface area contributed by atoms with E-state index in [0.717, 1.165) is 0 Å². The SMILES string of the molecule is C[Si](C)(C)N(N([Si](C)(C)C)[Si](C)(C)C)P(c1ccccc1)c1ccccc1. The molecule has 0 N–H and O–H groups in total. The molecule has 0 fully saturated rings. The van der Waals surface area contributed by atoms with Crippen LogP contribution in [0.1, 0.15) is 0 Å². The van der Waals surface area contributed by atoms with Gasteiger partial charge in [0.25, 0.3) is 0 Å². The van der Waals surface area contributed by atoms with Gasteiger partial charge in [-0.2, -0.15) is 0 Å². The molecule has 0 aromatic heterocycles. The molecule has 0 aliphatic carbocycles. The van der Waals surface area contributed by atoms with Crippen molar-refractivity contribution in [3.8, 4) is 0 Å². The summed E-state index contributed by atoms with van der Waals surface area (Å²) in [6.07, 6.45) is 0. The van der Waals surface area contributed by atoms with Gasteiger partial charge in [0.2, 0.25) is 0 Å². The summed E-state index contributed by atoms with van der Waals surface area (Å²) in [6.45, 7) is 22.6. The molecule has 2 rings (SSSR count). The Morgan fingerprint density at radius 3 is 1.11 bits per heavy atom. The molecule has 0 atom stereocenters. The van der Waals surface area contributed by atoms with E-state index in [0.29, 0.717) is 0 Å². The Labute approximate surface area is 171 Å². The van der Waals surface area contributed by atoms with Gasteiger partial charge < -0.3 is 0 Å². The zero-order valence-corrected chi connectivity index (χ0v) is 22.5. The van der Waals surface area contributed by atoms with Crippen molar-refractivity contribution < 1.29 is 0 Å². The number of nitrogens with zero attached hydrogens (tertiary/aromatic N) is 2. The van der Waals surface area contributed by atoms with Crippen molar-refractivity contribution in [3.63, 3.8) is 0 Å². The van der Waals surface area contributed by atoms with E-state index >= 15 is 0 Å². The highest BCUT2D eigenvalue weighted by atomic mass is 31.1. The van der Waals surface area contributed by atoms with Crippen LogP contribution in [0.25, 0.3) is 0 Å². The molecule has 0 heterocycles. The molecule has 0 saturated heterocycles. The van der Waals surface area contributed by atoms with Crippen LogP contribution in [-0.4, -0.2) is 33.5 Å². The molecular formula is C21H37N2PSi3. The third-order valence-corrected chi connectivity index (χ3v) is 17.9. The number of rotatable bonds is 7. The quantitative estimate of drug-likeness (QED) is 0.298. The van der Waals surface area contributed by atoms with Gasteiger partial charge in [-0.05, 0) is 10.6 Å². The molecule has 0 aliphatic heterocycles. The van der Waals surface area contributed by atoms with Gasteiger partial charge in [-0.1, -0.05) is 120 Å². The predicted molar refractivity (Wildman–Crippen MR) is 133 cm³/mol. The predicted octanol–water partition coefficient (Wildman–Crippen LogP) is 6.06. The maximum absolute atomic E-state index is 2.94. The highest BCUT2D eigenvalue weighted by Crippen LogP contribution is 2.46. The summed E-state index contributed by atoms with van der Waals surface area (Å²) in [5, 5.41) is 2.92. The molecule has 0 unspecified atom stereocenters. The third kappa shape index (κ3) is 5.72. The first-order chi connectivity index (χ1) is 12.3. The molecule has 0 aliphatic rings. The van der Waals surface area contributed by atoms with E-state index in [2.05, 4.69) is 128 Å². The Morgan fingerprint density at radius 2 is 0.852 bits per heavy atom. The molecule has 0 radical (unpaired) electrons. The lowest BCUT2D eigenvalue weighted by Gasteiger charge is -2.57. The van der Waals surface area contributed by atoms with Crippen LogP contribution in [0.15, 0.2) is 60.7 Å². The van der Waals surface area contributed by atoms with Gasteiger partial charge in [0, 0.05) is 8.07 Å². The van der Waals surface area contributed by atoms with Crippen molar-refractivity contribution in [2.24, 2.45) is 0 Å². The highest BCUT2D eigenvalue weighted by Gasteiger charge is 2.46.